The Balaban J connectivity index is 1.70. The zero-order valence-corrected chi connectivity index (χ0v) is 21.4. The lowest BCUT2D eigenvalue weighted by atomic mass is 9.66. The van der Waals surface area contributed by atoms with E-state index in [2.05, 4.69) is 38.5 Å². The van der Waals surface area contributed by atoms with Gasteiger partial charge in [-0.15, -0.1) is 6.58 Å². The van der Waals surface area contributed by atoms with Crippen LogP contribution in [0.3, 0.4) is 0 Å². The normalized spacial score (nSPS) is 21.9. The number of anilines is 1. The summed E-state index contributed by atoms with van der Waals surface area (Å²) in [5.74, 6) is 0.465. The molecule has 0 spiro atoms. The van der Waals surface area contributed by atoms with Gasteiger partial charge in [0.25, 0.3) is 0 Å². The summed E-state index contributed by atoms with van der Waals surface area (Å²) in [5.41, 5.74) is 1.39. The fourth-order valence-electron chi connectivity index (χ4n) is 5.15. The number of nitrogens with zero attached hydrogens (tertiary/aromatic N) is 5. The third-order valence-electron chi connectivity index (χ3n) is 6.88. The quantitative estimate of drug-likeness (QED) is 0.396. The molecule has 4 rings (SSSR count). The number of benzene rings is 1. The number of nitriles is 1. The van der Waals surface area contributed by atoms with Crippen molar-refractivity contribution in [3.63, 3.8) is 0 Å². The van der Waals surface area contributed by atoms with E-state index in [1.165, 1.54) is 4.90 Å². The van der Waals surface area contributed by atoms with Crippen LogP contribution in [0.4, 0.5) is 10.6 Å². The second kappa shape index (κ2) is 10.3. The molecule has 1 N–H and O–H groups in total. The molecule has 1 aliphatic heterocycles. The number of Topliss-reactive ketones (excluding diaryl/α,β-unsaturated/α-hetero) is 1. The first-order valence-electron chi connectivity index (χ1n) is 11.4. The molecular weight excluding hydrogens is 534 g/mol. The molecule has 0 unspecified atom stereocenters. The highest BCUT2D eigenvalue weighted by Crippen LogP contribution is 2.44. The van der Waals surface area contributed by atoms with E-state index in [-0.39, 0.29) is 24.0 Å². The molecular formula is C25H25BrClN5O3. The van der Waals surface area contributed by atoms with Crippen molar-refractivity contribution < 1.29 is 14.7 Å². The van der Waals surface area contributed by atoms with Crippen molar-refractivity contribution in [2.45, 2.75) is 38.1 Å². The molecule has 0 saturated carbocycles. The lowest BCUT2D eigenvalue weighted by Gasteiger charge is -2.41. The summed E-state index contributed by atoms with van der Waals surface area (Å²) in [4.78, 5) is 37.6. The molecule has 10 heteroatoms. The smallest absolute Gasteiger partial charge is 0.407 e. The van der Waals surface area contributed by atoms with Gasteiger partial charge in [-0.1, -0.05) is 40.2 Å². The lowest BCUT2D eigenvalue weighted by molar-refractivity contribution is 0.0750. The molecule has 2 heterocycles. The van der Waals surface area contributed by atoms with Crippen LogP contribution in [-0.4, -0.2) is 57.5 Å². The van der Waals surface area contributed by atoms with E-state index < -0.39 is 17.6 Å². The molecule has 0 radical (unpaired) electrons. The van der Waals surface area contributed by atoms with Crippen LogP contribution in [0.5, 0.6) is 0 Å². The van der Waals surface area contributed by atoms with Crippen LogP contribution in [0.15, 0.2) is 41.4 Å². The first-order valence-corrected chi connectivity index (χ1v) is 12.5. The molecule has 8 nitrogen and oxygen atoms in total. The average Bonchev–Trinajstić information content (AvgIpc) is 2.83. The summed E-state index contributed by atoms with van der Waals surface area (Å²) in [6, 6.07) is 9.44. The predicted octanol–water partition coefficient (Wildman–Crippen LogP) is 4.91. The van der Waals surface area contributed by atoms with Gasteiger partial charge in [-0.25, -0.2) is 14.8 Å². The number of piperazine rings is 1. The van der Waals surface area contributed by atoms with Crippen molar-refractivity contribution in [1.82, 2.24) is 14.9 Å². The second-order valence-electron chi connectivity index (χ2n) is 8.95. The van der Waals surface area contributed by atoms with Gasteiger partial charge in [0.2, 0.25) is 5.28 Å². The molecule has 2 aliphatic rings. The summed E-state index contributed by atoms with van der Waals surface area (Å²) in [7, 11) is 0. The van der Waals surface area contributed by atoms with Gasteiger partial charge in [-0.05, 0) is 48.9 Å². The number of fused-ring (bicyclic) bond motifs is 1. The maximum Gasteiger partial charge on any atom is 0.407 e. The zero-order valence-electron chi connectivity index (χ0n) is 19.1. The van der Waals surface area contributed by atoms with E-state index >= 15 is 0 Å². The Labute approximate surface area is 217 Å². The lowest BCUT2D eigenvalue weighted by Crippen LogP contribution is -2.55. The molecule has 1 saturated heterocycles. The number of ketones is 1. The van der Waals surface area contributed by atoms with E-state index in [4.69, 9.17) is 11.6 Å². The Morgan fingerprint density at radius 3 is 2.83 bits per heavy atom. The fraction of sp³-hybridized carbons (Fsp3) is 0.400. The second-order valence-corrected chi connectivity index (χ2v) is 10.1. The van der Waals surface area contributed by atoms with Gasteiger partial charge in [-0.2, -0.15) is 5.26 Å². The van der Waals surface area contributed by atoms with Gasteiger partial charge in [0.1, 0.15) is 11.5 Å². The van der Waals surface area contributed by atoms with Crippen LogP contribution in [0, 0.1) is 16.7 Å². The van der Waals surface area contributed by atoms with E-state index in [0.29, 0.717) is 50.3 Å². The topological polar surface area (TPSA) is 110 Å². The van der Waals surface area contributed by atoms with Crippen molar-refractivity contribution in [1.29, 1.82) is 5.26 Å². The van der Waals surface area contributed by atoms with E-state index in [1.54, 1.807) is 6.08 Å². The Bertz CT molecular complexity index is 1220. The van der Waals surface area contributed by atoms with Crippen LogP contribution in [0.1, 0.15) is 40.9 Å². The monoisotopic (exact) mass is 557 g/mol. The predicted molar refractivity (Wildman–Crippen MR) is 136 cm³/mol. The van der Waals surface area contributed by atoms with Crippen molar-refractivity contribution >= 4 is 45.2 Å². The van der Waals surface area contributed by atoms with Gasteiger partial charge in [-0.3, -0.25) is 4.79 Å². The highest BCUT2D eigenvalue weighted by atomic mass is 79.9. The average molecular weight is 559 g/mol. The number of aromatic nitrogens is 2. The SMILES string of the molecule is C=CC[C@]1(Cc2ccccc2Br)CCc2c(nc(Cl)nc2N2CCN(C(=O)O)[C@@H](CC#N)C2)C1=O. The fourth-order valence-corrected chi connectivity index (χ4v) is 5.74. The standard InChI is InChI=1S/C25H25BrClN5O3/c1-2-9-25(14-16-5-3-4-6-19(16)26)10-7-18-20(21(25)33)29-23(27)30-22(18)31-12-13-32(24(34)35)17(15-31)8-11-28/h2-6,17H,1,7-10,12-15H2,(H,34,35)/t17-,25+/m0/s1. The Kier molecular flexibility index (Phi) is 7.43. The number of hydrogen-bond acceptors (Lipinski definition) is 6. The largest absolute Gasteiger partial charge is 0.465 e. The van der Waals surface area contributed by atoms with Crippen molar-refractivity contribution in [3.05, 3.63) is 63.5 Å². The number of hydrogen-bond donors (Lipinski definition) is 1. The number of rotatable bonds is 6. The van der Waals surface area contributed by atoms with Crippen molar-refractivity contribution in [3.8, 4) is 6.07 Å². The summed E-state index contributed by atoms with van der Waals surface area (Å²) in [6.07, 6.45) is 3.01. The first-order chi connectivity index (χ1) is 16.8. The molecule has 1 aromatic heterocycles. The van der Waals surface area contributed by atoms with Crippen molar-refractivity contribution in [2.75, 3.05) is 24.5 Å². The van der Waals surface area contributed by atoms with Gasteiger partial charge in [0.05, 0.1) is 18.5 Å². The molecule has 2 aromatic rings. The molecule has 1 amide bonds. The summed E-state index contributed by atoms with van der Waals surface area (Å²) in [6.45, 7) is 4.81. The van der Waals surface area contributed by atoms with Crippen LogP contribution < -0.4 is 4.90 Å². The van der Waals surface area contributed by atoms with Gasteiger partial charge in [0, 0.05) is 35.1 Å². The third kappa shape index (κ3) is 4.91. The molecule has 1 aliphatic carbocycles. The molecule has 182 valence electrons. The number of carboxylic acid groups (broad SMARTS) is 1. The number of amides is 1. The number of carbonyl (C=O) groups excluding carboxylic acids is 1. The van der Waals surface area contributed by atoms with E-state index in [1.807, 2.05) is 29.2 Å². The van der Waals surface area contributed by atoms with Gasteiger partial charge < -0.3 is 14.9 Å². The Hall–Kier alpha value is -2.96. The van der Waals surface area contributed by atoms with Crippen LogP contribution >= 0.6 is 27.5 Å². The van der Waals surface area contributed by atoms with Crippen LogP contribution in [0.2, 0.25) is 5.28 Å². The minimum absolute atomic E-state index is 0.0279. The number of allylic oxidation sites excluding steroid dienone is 1. The number of halogens is 2. The highest BCUT2D eigenvalue weighted by molar-refractivity contribution is 9.10. The number of carbonyl (C=O) groups is 2. The Morgan fingerprint density at radius 1 is 1.37 bits per heavy atom. The van der Waals surface area contributed by atoms with Crippen LogP contribution in [-0.2, 0) is 12.8 Å². The summed E-state index contributed by atoms with van der Waals surface area (Å²) < 4.78 is 0.947. The van der Waals surface area contributed by atoms with Crippen LogP contribution in [0.25, 0.3) is 0 Å². The first kappa shape index (κ1) is 25.1. The molecule has 1 fully saturated rings. The minimum atomic E-state index is -1.05. The van der Waals surface area contributed by atoms with E-state index in [9.17, 15) is 20.0 Å². The van der Waals surface area contributed by atoms with Gasteiger partial charge >= 0.3 is 6.09 Å². The third-order valence-corrected chi connectivity index (χ3v) is 7.83. The molecule has 35 heavy (non-hydrogen) atoms. The Morgan fingerprint density at radius 2 is 2.14 bits per heavy atom. The molecule has 2 atom stereocenters. The molecule has 0 bridgehead atoms. The zero-order chi connectivity index (χ0) is 25.2. The maximum atomic E-state index is 14.0. The minimum Gasteiger partial charge on any atom is -0.465 e. The van der Waals surface area contributed by atoms with E-state index in [0.717, 1.165) is 15.6 Å². The molecule has 1 aromatic carbocycles. The van der Waals surface area contributed by atoms with Crippen molar-refractivity contribution in [2.24, 2.45) is 5.41 Å². The highest BCUT2D eigenvalue weighted by Gasteiger charge is 2.45. The maximum absolute atomic E-state index is 14.0. The summed E-state index contributed by atoms with van der Waals surface area (Å²) >= 11 is 9.91. The summed E-state index contributed by atoms with van der Waals surface area (Å²) in [5, 5.41) is 18.7. The van der Waals surface area contributed by atoms with Gasteiger partial charge in [0.15, 0.2) is 5.78 Å².